The molecule has 4 rings (SSSR count). The Morgan fingerprint density at radius 1 is 1.38 bits per heavy atom. The zero-order chi connectivity index (χ0) is 17.8. The molecule has 0 unspecified atom stereocenters. The van der Waals surface area contributed by atoms with Crippen molar-refractivity contribution in [3.8, 4) is 0 Å². The number of allylic oxidation sites excluding steroid dienone is 2. The van der Waals surface area contributed by atoms with Crippen molar-refractivity contribution in [1.29, 1.82) is 0 Å². The molecule has 3 heterocycles. The summed E-state index contributed by atoms with van der Waals surface area (Å²) < 4.78 is 12.2. The minimum absolute atomic E-state index is 0.0690. The molecule has 5 nitrogen and oxygen atoms in total. The van der Waals surface area contributed by atoms with Crippen LogP contribution in [0.5, 0.6) is 0 Å². The summed E-state index contributed by atoms with van der Waals surface area (Å²) in [5, 5.41) is 0. The van der Waals surface area contributed by atoms with Crippen LogP contribution in [-0.2, 0) is 20.9 Å². The largest absolute Gasteiger partial charge is 0.377 e. The Balaban J connectivity index is 1.41. The molecule has 1 aliphatic carbocycles. The summed E-state index contributed by atoms with van der Waals surface area (Å²) in [6.07, 6.45) is 12.9. The summed E-state index contributed by atoms with van der Waals surface area (Å²) >= 11 is 0. The van der Waals surface area contributed by atoms with E-state index in [1.54, 1.807) is 6.20 Å². The van der Waals surface area contributed by atoms with Crippen LogP contribution in [0.25, 0.3) is 0 Å². The summed E-state index contributed by atoms with van der Waals surface area (Å²) in [6.45, 7) is 3.60. The average molecular weight is 356 g/mol. The molecule has 3 aliphatic rings. The van der Waals surface area contributed by atoms with Crippen LogP contribution in [0.3, 0.4) is 0 Å². The summed E-state index contributed by atoms with van der Waals surface area (Å²) in [7, 11) is 0. The molecule has 0 spiro atoms. The number of amides is 1. The molecule has 1 amide bonds. The number of carbonyl (C=O) groups excluding carboxylic acids is 1. The van der Waals surface area contributed by atoms with E-state index in [-0.39, 0.29) is 17.4 Å². The Morgan fingerprint density at radius 3 is 3.08 bits per heavy atom. The van der Waals surface area contributed by atoms with Gasteiger partial charge < -0.3 is 14.4 Å². The van der Waals surface area contributed by atoms with Gasteiger partial charge in [0.25, 0.3) is 0 Å². The normalized spacial score (nSPS) is 28.9. The molecule has 1 aromatic heterocycles. The van der Waals surface area contributed by atoms with E-state index >= 15 is 0 Å². The molecule has 26 heavy (non-hydrogen) atoms. The number of hydrogen-bond donors (Lipinski definition) is 0. The molecule has 2 saturated heterocycles. The number of hydrogen-bond acceptors (Lipinski definition) is 4. The maximum atomic E-state index is 12.9. The Bertz CT molecular complexity index is 640. The molecule has 0 saturated carbocycles. The van der Waals surface area contributed by atoms with E-state index in [2.05, 4.69) is 22.0 Å². The summed E-state index contributed by atoms with van der Waals surface area (Å²) in [5.41, 5.74) is 1.01. The van der Waals surface area contributed by atoms with Crippen molar-refractivity contribution in [3.63, 3.8) is 0 Å². The lowest BCUT2D eigenvalue weighted by Gasteiger charge is -2.50. The number of likely N-dealkylation sites (tertiary alicyclic amines) is 1. The van der Waals surface area contributed by atoms with Crippen molar-refractivity contribution in [3.05, 3.63) is 42.2 Å². The smallest absolute Gasteiger partial charge is 0.226 e. The zero-order valence-corrected chi connectivity index (χ0v) is 15.3. The lowest BCUT2D eigenvalue weighted by atomic mass is 9.72. The third-order valence-corrected chi connectivity index (χ3v) is 6.04. The molecule has 5 heteroatoms. The first-order valence-corrected chi connectivity index (χ1v) is 9.79. The molecule has 0 aromatic carbocycles. The molecule has 1 aromatic rings. The highest BCUT2D eigenvalue weighted by atomic mass is 16.5. The summed E-state index contributed by atoms with van der Waals surface area (Å²) in [4.78, 5) is 19.1. The lowest BCUT2D eigenvalue weighted by molar-refractivity contribution is -0.168. The molecule has 0 bridgehead atoms. The van der Waals surface area contributed by atoms with E-state index < -0.39 is 0 Å². The quantitative estimate of drug-likeness (QED) is 0.761. The van der Waals surface area contributed by atoms with Crippen LogP contribution in [0.1, 0.15) is 37.7 Å². The van der Waals surface area contributed by atoms with E-state index in [1.165, 1.54) is 0 Å². The van der Waals surface area contributed by atoms with Crippen molar-refractivity contribution >= 4 is 5.91 Å². The fourth-order valence-corrected chi connectivity index (χ4v) is 4.62. The van der Waals surface area contributed by atoms with E-state index in [9.17, 15) is 4.79 Å². The van der Waals surface area contributed by atoms with Crippen LogP contribution in [0.4, 0.5) is 0 Å². The number of ether oxygens (including phenoxy) is 2. The van der Waals surface area contributed by atoms with Crippen LogP contribution in [0.15, 0.2) is 36.7 Å². The number of nitrogens with zero attached hydrogens (tertiary/aromatic N) is 2. The van der Waals surface area contributed by atoms with Gasteiger partial charge in [0.05, 0.1) is 19.3 Å². The Labute approximate surface area is 155 Å². The highest BCUT2D eigenvalue weighted by molar-refractivity contribution is 5.79. The van der Waals surface area contributed by atoms with E-state index in [0.29, 0.717) is 19.1 Å². The number of fused-ring (bicyclic) bond motifs is 1. The first-order valence-electron chi connectivity index (χ1n) is 9.79. The average Bonchev–Trinajstić information content (AvgIpc) is 3.22. The van der Waals surface area contributed by atoms with Gasteiger partial charge in [0.2, 0.25) is 5.91 Å². The monoisotopic (exact) mass is 356 g/mol. The topological polar surface area (TPSA) is 51.7 Å². The van der Waals surface area contributed by atoms with E-state index in [1.807, 2.05) is 18.3 Å². The van der Waals surface area contributed by atoms with Crippen LogP contribution in [0, 0.1) is 11.3 Å². The number of pyridine rings is 1. The van der Waals surface area contributed by atoms with E-state index in [4.69, 9.17) is 9.47 Å². The third kappa shape index (κ3) is 3.69. The maximum Gasteiger partial charge on any atom is 0.226 e. The molecular weight excluding hydrogens is 328 g/mol. The Hall–Kier alpha value is -1.72. The van der Waals surface area contributed by atoms with Crippen LogP contribution in [-0.4, -0.2) is 48.2 Å². The van der Waals surface area contributed by atoms with Gasteiger partial charge in [-0.1, -0.05) is 18.2 Å². The SMILES string of the molecule is O=C(C1CC=CC1)N1CC[C@H]2OCCC[C@@]2(COCc2cccnc2)C1. The van der Waals surface area contributed by atoms with Crippen molar-refractivity contribution in [2.45, 2.75) is 44.8 Å². The van der Waals surface area contributed by atoms with Crippen LogP contribution >= 0.6 is 0 Å². The molecular formula is C21H28N2O3. The van der Waals surface area contributed by atoms with Gasteiger partial charge in [-0.15, -0.1) is 0 Å². The standard InChI is InChI=1S/C21H28N2O3/c24-20(18-6-1-2-7-18)23-11-8-19-21(15-23,9-4-12-26-19)16-25-14-17-5-3-10-22-13-17/h1-3,5,10,13,18-19H,4,6-9,11-12,14-16H2/t19-,21+/m1/s1. The van der Waals surface area contributed by atoms with Gasteiger partial charge in [-0.05, 0) is 43.7 Å². The number of rotatable bonds is 5. The first kappa shape index (κ1) is 17.7. The third-order valence-electron chi connectivity index (χ3n) is 6.04. The van der Waals surface area contributed by atoms with E-state index in [0.717, 1.165) is 57.4 Å². The minimum atomic E-state index is -0.0690. The van der Waals surface area contributed by atoms with Gasteiger partial charge >= 0.3 is 0 Å². The summed E-state index contributed by atoms with van der Waals surface area (Å²) in [6, 6.07) is 3.96. The minimum Gasteiger partial charge on any atom is -0.377 e. The van der Waals surface area contributed by atoms with Crippen LogP contribution < -0.4 is 0 Å². The fraction of sp³-hybridized carbons (Fsp3) is 0.619. The summed E-state index contributed by atoms with van der Waals surface area (Å²) in [5.74, 6) is 0.454. The van der Waals surface area contributed by atoms with Gasteiger partial charge in [-0.2, -0.15) is 0 Å². The Morgan fingerprint density at radius 2 is 2.27 bits per heavy atom. The zero-order valence-electron chi connectivity index (χ0n) is 15.3. The van der Waals surface area contributed by atoms with Gasteiger partial charge in [0, 0.05) is 43.4 Å². The van der Waals surface area contributed by atoms with Crippen molar-refractivity contribution in [1.82, 2.24) is 9.88 Å². The van der Waals surface area contributed by atoms with Gasteiger partial charge in [0.1, 0.15) is 0 Å². The van der Waals surface area contributed by atoms with Gasteiger partial charge in [0.15, 0.2) is 0 Å². The Kier molecular flexibility index (Phi) is 5.36. The van der Waals surface area contributed by atoms with Crippen molar-refractivity contribution in [2.24, 2.45) is 11.3 Å². The van der Waals surface area contributed by atoms with Crippen LogP contribution in [0.2, 0.25) is 0 Å². The molecule has 2 atom stereocenters. The van der Waals surface area contributed by atoms with Crippen molar-refractivity contribution < 1.29 is 14.3 Å². The predicted octanol–water partition coefficient (Wildman–Crippen LogP) is 2.96. The molecule has 0 N–H and O–H groups in total. The second kappa shape index (κ2) is 7.89. The van der Waals surface area contributed by atoms with Gasteiger partial charge in [-0.3, -0.25) is 9.78 Å². The molecule has 0 radical (unpaired) electrons. The van der Waals surface area contributed by atoms with Gasteiger partial charge in [-0.25, -0.2) is 0 Å². The highest BCUT2D eigenvalue weighted by Crippen LogP contribution is 2.41. The fourth-order valence-electron chi connectivity index (χ4n) is 4.62. The first-order chi connectivity index (χ1) is 12.8. The number of carbonyl (C=O) groups is 1. The lowest BCUT2D eigenvalue weighted by Crippen LogP contribution is -2.58. The molecule has 2 aliphatic heterocycles. The number of aromatic nitrogens is 1. The molecule has 140 valence electrons. The molecule has 2 fully saturated rings. The number of piperidine rings is 1. The highest BCUT2D eigenvalue weighted by Gasteiger charge is 2.47. The second-order valence-corrected chi connectivity index (χ2v) is 7.87. The maximum absolute atomic E-state index is 12.9. The second-order valence-electron chi connectivity index (χ2n) is 7.87. The van der Waals surface area contributed by atoms with Crippen molar-refractivity contribution in [2.75, 3.05) is 26.3 Å². The predicted molar refractivity (Wildman–Crippen MR) is 98.4 cm³/mol.